The summed E-state index contributed by atoms with van der Waals surface area (Å²) in [5, 5.41) is 10.7. The van der Waals surface area contributed by atoms with Crippen LogP contribution in [0.3, 0.4) is 0 Å². The fourth-order valence-corrected chi connectivity index (χ4v) is 3.61. The Morgan fingerprint density at radius 3 is 2.67 bits per heavy atom. The van der Waals surface area contributed by atoms with Crippen molar-refractivity contribution in [3.8, 4) is 0 Å². The highest BCUT2D eigenvalue weighted by Crippen LogP contribution is 2.27. The van der Waals surface area contributed by atoms with E-state index in [2.05, 4.69) is 0 Å². The van der Waals surface area contributed by atoms with E-state index < -0.39 is 21.7 Å². The van der Waals surface area contributed by atoms with E-state index in [9.17, 15) is 18.3 Å². The summed E-state index contributed by atoms with van der Waals surface area (Å²) in [6.45, 7) is 0. The van der Waals surface area contributed by atoms with E-state index in [1.165, 1.54) is 6.07 Å². The van der Waals surface area contributed by atoms with Gasteiger partial charge in [0, 0.05) is 11.9 Å². The molecule has 4 nitrogen and oxygen atoms in total. The third kappa shape index (κ3) is 1.74. The van der Waals surface area contributed by atoms with Crippen LogP contribution in [0.1, 0.15) is 5.56 Å². The van der Waals surface area contributed by atoms with Crippen LogP contribution in [0.4, 0.5) is 0 Å². The third-order valence-electron chi connectivity index (χ3n) is 2.53. The SMILES string of the molecule is O=C([O-])C1Cc2ccccc2S(=O)(=O)C1. The molecular formula is C10H9O4S-. The second-order valence-corrected chi connectivity index (χ2v) is 5.61. The molecule has 5 heteroatoms. The van der Waals surface area contributed by atoms with Gasteiger partial charge >= 0.3 is 0 Å². The quantitative estimate of drug-likeness (QED) is 0.638. The topological polar surface area (TPSA) is 74.3 Å². The van der Waals surface area contributed by atoms with Crippen molar-refractivity contribution in [2.24, 2.45) is 5.92 Å². The Balaban J connectivity index is 2.53. The lowest BCUT2D eigenvalue weighted by atomic mass is 10.0. The summed E-state index contributed by atoms with van der Waals surface area (Å²) in [7, 11) is -3.46. The molecule has 80 valence electrons. The molecule has 1 heterocycles. The number of benzene rings is 1. The van der Waals surface area contributed by atoms with E-state index in [1.54, 1.807) is 18.2 Å². The molecule has 0 spiro atoms. The Morgan fingerprint density at radius 2 is 2.00 bits per heavy atom. The molecule has 0 fully saturated rings. The van der Waals surface area contributed by atoms with Crippen LogP contribution < -0.4 is 5.11 Å². The van der Waals surface area contributed by atoms with Gasteiger partial charge in [0.2, 0.25) is 0 Å². The van der Waals surface area contributed by atoms with Crippen LogP contribution in [0.2, 0.25) is 0 Å². The average molecular weight is 225 g/mol. The Hall–Kier alpha value is -1.36. The van der Waals surface area contributed by atoms with Crippen LogP contribution in [0.15, 0.2) is 29.2 Å². The molecule has 1 aliphatic heterocycles. The maximum absolute atomic E-state index is 11.7. The Labute approximate surface area is 87.5 Å². The number of carboxylic acid groups (broad SMARTS) is 1. The van der Waals surface area contributed by atoms with Crippen molar-refractivity contribution in [3.63, 3.8) is 0 Å². The van der Waals surface area contributed by atoms with Crippen LogP contribution in [0.5, 0.6) is 0 Å². The molecule has 2 rings (SSSR count). The Bertz CT molecular complexity index is 504. The third-order valence-corrected chi connectivity index (χ3v) is 4.44. The molecule has 0 aliphatic carbocycles. The molecule has 0 saturated heterocycles. The minimum absolute atomic E-state index is 0.234. The molecule has 0 aromatic heterocycles. The van der Waals surface area contributed by atoms with Crippen molar-refractivity contribution in [2.45, 2.75) is 11.3 Å². The number of fused-ring (bicyclic) bond motifs is 1. The van der Waals surface area contributed by atoms with Gasteiger partial charge in [-0.15, -0.1) is 0 Å². The van der Waals surface area contributed by atoms with Gasteiger partial charge in [-0.25, -0.2) is 8.42 Å². The minimum atomic E-state index is -3.46. The number of aliphatic carboxylic acids is 1. The van der Waals surface area contributed by atoms with Crippen LogP contribution in [0.25, 0.3) is 0 Å². The van der Waals surface area contributed by atoms with Crippen LogP contribution in [-0.4, -0.2) is 20.1 Å². The van der Waals surface area contributed by atoms with Gasteiger partial charge in [-0.3, -0.25) is 0 Å². The van der Waals surface area contributed by atoms with Crippen molar-refractivity contribution in [1.82, 2.24) is 0 Å². The molecule has 0 radical (unpaired) electrons. The number of carboxylic acids is 1. The normalized spacial score (nSPS) is 23.1. The molecule has 0 N–H and O–H groups in total. The second-order valence-electron chi connectivity index (χ2n) is 3.61. The van der Waals surface area contributed by atoms with Gasteiger partial charge < -0.3 is 9.90 Å². The van der Waals surface area contributed by atoms with Gasteiger partial charge in [0.05, 0.1) is 10.6 Å². The van der Waals surface area contributed by atoms with Gasteiger partial charge in [-0.2, -0.15) is 0 Å². The molecule has 1 aliphatic rings. The summed E-state index contributed by atoms with van der Waals surface area (Å²) >= 11 is 0. The lowest BCUT2D eigenvalue weighted by molar-refractivity contribution is -0.310. The highest BCUT2D eigenvalue weighted by atomic mass is 32.2. The number of carbonyl (C=O) groups excluding carboxylic acids is 1. The summed E-state index contributed by atoms with van der Waals surface area (Å²) in [5.74, 6) is -2.58. The van der Waals surface area contributed by atoms with E-state index in [-0.39, 0.29) is 17.1 Å². The molecular weight excluding hydrogens is 216 g/mol. The summed E-state index contributed by atoms with van der Waals surface area (Å²) in [5.41, 5.74) is 0.568. The molecule has 0 bridgehead atoms. The fourth-order valence-electron chi connectivity index (χ4n) is 1.81. The van der Waals surface area contributed by atoms with E-state index in [1.807, 2.05) is 0 Å². The van der Waals surface area contributed by atoms with E-state index in [0.29, 0.717) is 5.56 Å². The predicted octanol–water partition coefficient (Wildman–Crippen LogP) is -0.618. The average Bonchev–Trinajstić information content (AvgIpc) is 2.16. The molecule has 1 aromatic rings. The molecule has 0 saturated carbocycles. The molecule has 1 unspecified atom stereocenters. The van der Waals surface area contributed by atoms with E-state index in [4.69, 9.17) is 0 Å². The summed E-state index contributed by atoms with van der Waals surface area (Å²) in [6, 6.07) is 6.49. The zero-order chi connectivity index (χ0) is 11.1. The number of rotatable bonds is 1. The highest BCUT2D eigenvalue weighted by molar-refractivity contribution is 7.91. The first kappa shape index (κ1) is 10.2. The van der Waals surface area contributed by atoms with Gasteiger partial charge in [-0.1, -0.05) is 18.2 Å². The minimum Gasteiger partial charge on any atom is -0.550 e. The van der Waals surface area contributed by atoms with Crippen LogP contribution >= 0.6 is 0 Å². The Morgan fingerprint density at radius 1 is 1.33 bits per heavy atom. The molecule has 0 amide bonds. The van der Waals surface area contributed by atoms with Crippen molar-refractivity contribution >= 4 is 15.8 Å². The zero-order valence-corrected chi connectivity index (χ0v) is 8.66. The van der Waals surface area contributed by atoms with Crippen LogP contribution in [-0.2, 0) is 21.1 Å². The standard InChI is InChI=1S/C10H10O4S/c11-10(12)8-5-7-3-1-2-4-9(7)15(13,14)6-8/h1-4,8H,5-6H2,(H,11,12)/p-1. The number of hydrogen-bond acceptors (Lipinski definition) is 4. The monoisotopic (exact) mass is 225 g/mol. The van der Waals surface area contributed by atoms with Crippen LogP contribution in [0, 0.1) is 5.92 Å². The van der Waals surface area contributed by atoms with E-state index >= 15 is 0 Å². The maximum Gasteiger partial charge on any atom is 0.179 e. The fraction of sp³-hybridized carbons (Fsp3) is 0.300. The van der Waals surface area contributed by atoms with Gasteiger partial charge in [-0.05, 0) is 18.1 Å². The zero-order valence-electron chi connectivity index (χ0n) is 7.84. The first-order valence-electron chi connectivity index (χ1n) is 4.52. The van der Waals surface area contributed by atoms with Gasteiger partial charge in [0.15, 0.2) is 9.84 Å². The summed E-state index contributed by atoms with van der Waals surface area (Å²) < 4.78 is 23.4. The van der Waals surface area contributed by atoms with Gasteiger partial charge in [0.25, 0.3) is 0 Å². The lowest BCUT2D eigenvalue weighted by Gasteiger charge is -2.24. The predicted molar refractivity (Wildman–Crippen MR) is 50.7 cm³/mol. The Kier molecular flexibility index (Phi) is 2.26. The van der Waals surface area contributed by atoms with Gasteiger partial charge in [0.1, 0.15) is 0 Å². The smallest absolute Gasteiger partial charge is 0.179 e. The summed E-state index contributed by atoms with van der Waals surface area (Å²) in [4.78, 5) is 10.9. The number of sulfone groups is 1. The maximum atomic E-state index is 11.7. The van der Waals surface area contributed by atoms with Crippen molar-refractivity contribution in [3.05, 3.63) is 29.8 Å². The van der Waals surface area contributed by atoms with Crippen molar-refractivity contribution < 1.29 is 18.3 Å². The number of hydrogen-bond donors (Lipinski definition) is 0. The van der Waals surface area contributed by atoms with E-state index in [0.717, 1.165) is 0 Å². The number of carbonyl (C=O) groups is 1. The molecule has 1 aromatic carbocycles. The first-order valence-corrected chi connectivity index (χ1v) is 6.17. The molecule has 1 atom stereocenters. The van der Waals surface area contributed by atoms with Crippen molar-refractivity contribution in [1.29, 1.82) is 0 Å². The molecule has 15 heavy (non-hydrogen) atoms. The second kappa shape index (κ2) is 3.34. The highest BCUT2D eigenvalue weighted by Gasteiger charge is 2.30. The first-order chi connectivity index (χ1) is 7.00. The largest absolute Gasteiger partial charge is 0.550 e. The van der Waals surface area contributed by atoms with Crippen molar-refractivity contribution in [2.75, 3.05) is 5.75 Å². The summed E-state index contributed by atoms with van der Waals surface area (Å²) in [6.07, 6.45) is 0.234. The lowest BCUT2D eigenvalue weighted by Crippen LogP contribution is -2.39.